The fourth-order valence-corrected chi connectivity index (χ4v) is 4.16. The van der Waals surface area contributed by atoms with Gasteiger partial charge in [-0.05, 0) is 26.3 Å². The number of hydrogen-bond acceptors (Lipinski definition) is 4. The standard InChI is InChI=1S/C11H15NO4S/c1-8-9(3-5-16-8)10(13)12-11(2)4-6-17(14,15)7-11/h3,5H,4,6-7H2,1-2H3,(H,12,13). The Morgan fingerprint density at radius 3 is 2.71 bits per heavy atom. The molecule has 0 radical (unpaired) electrons. The minimum Gasteiger partial charge on any atom is -0.469 e. The third kappa shape index (κ3) is 2.52. The number of nitrogens with one attached hydrogen (secondary N) is 1. The molecule has 1 aliphatic rings. The zero-order valence-electron chi connectivity index (χ0n) is 9.82. The maximum absolute atomic E-state index is 11.9. The Kier molecular flexibility index (Phi) is 2.77. The Hall–Kier alpha value is -1.30. The lowest BCUT2D eigenvalue weighted by molar-refractivity contribution is 0.0914. The summed E-state index contributed by atoms with van der Waals surface area (Å²) in [4.78, 5) is 11.9. The van der Waals surface area contributed by atoms with Crippen LogP contribution in [0.1, 0.15) is 29.5 Å². The molecule has 1 aliphatic heterocycles. The van der Waals surface area contributed by atoms with E-state index in [0.29, 0.717) is 17.7 Å². The number of amides is 1. The Balaban J connectivity index is 2.13. The molecular weight excluding hydrogens is 242 g/mol. The summed E-state index contributed by atoms with van der Waals surface area (Å²) in [7, 11) is -3.02. The van der Waals surface area contributed by atoms with Gasteiger partial charge in [-0.25, -0.2) is 8.42 Å². The van der Waals surface area contributed by atoms with Crippen molar-refractivity contribution in [2.24, 2.45) is 0 Å². The number of furan rings is 1. The minimum absolute atomic E-state index is 0.00262. The Morgan fingerprint density at radius 2 is 2.24 bits per heavy atom. The molecule has 2 rings (SSSR count). The molecule has 0 spiro atoms. The van der Waals surface area contributed by atoms with Crippen molar-refractivity contribution in [1.29, 1.82) is 0 Å². The van der Waals surface area contributed by atoms with Crippen molar-refractivity contribution < 1.29 is 17.6 Å². The summed E-state index contributed by atoms with van der Waals surface area (Å²) in [6, 6.07) is 1.58. The summed E-state index contributed by atoms with van der Waals surface area (Å²) in [5, 5.41) is 2.78. The normalized spacial score (nSPS) is 26.9. The monoisotopic (exact) mass is 257 g/mol. The Morgan fingerprint density at radius 1 is 1.53 bits per heavy atom. The zero-order valence-corrected chi connectivity index (χ0v) is 10.6. The van der Waals surface area contributed by atoms with Crippen LogP contribution in [-0.4, -0.2) is 31.4 Å². The third-order valence-corrected chi connectivity index (χ3v) is 4.93. The van der Waals surface area contributed by atoms with Gasteiger partial charge in [-0.15, -0.1) is 0 Å². The van der Waals surface area contributed by atoms with Crippen LogP contribution in [0.3, 0.4) is 0 Å². The second-order valence-corrected chi connectivity index (χ2v) is 6.93. The molecule has 1 amide bonds. The van der Waals surface area contributed by atoms with Crippen LogP contribution in [0.2, 0.25) is 0 Å². The first-order chi connectivity index (χ1) is 7.81. The quantitative estimate of drug-likeness (QED) is 0.853. The summed E-state index contributed by atoms with van der Waals surface area (Å²) < 4.78 is 27.9. The van der Waals surface area contributed by atoms with Gasteiger partial charge in [0, 0.05) is 0 Å². The number of rotatable bonds is 2. The van der Waals surface area contributed by atoms with Gasteiger partial charge in [-0.3, -0.25) is 4.79 Å². The van der Waals surface area contributed by atoms with E-state index < -0.39 is 15.4 Å². The highest BCUT2D eigenvalue weighted by Crippen LogP contribution is 2.23. The average molecular weight is 257 g/mol. The minimum atomic E-state index is -3.02. The summed E-state index contributed by atoms with van der Waals surface area (Å²) >= 11 is 0. The molecule has 0 saturated carbocycles. The lowest BCUT2D eigenvalue weighted by Gasteiger charge is -2.23. The van der Waals surface area contributed by atoms with E-state index in [0.717, 1.165) is 0 Å². The maximum atomic E-state index is 11.9. The van der Waals surface area contributed by atoms with Gasteiger partial charge in [0.15, 0.2) is 9.84 Å². The summed E-state index contributed by atoms with van der Waals surface area (Å²) in [5.74, 6) is 0.388. The highest BCUT2D eigenvalue weighted by atomic mass is 32.2. The average Bonchev–Trinajstić information content (AvgIpc) is 2.70. The van der Waals surface area contributed by atoms with Gasteiger partial charge in [-0.1, -0.05) is 0 Å². The highest BCUT2D eigenvalue weighted by molar-refractivity contribution is 7.91. The Bertz CT molecular complexity index is 546. The van der Waals surface area contributed by atoms with Gasteiger partial charge in [0.1, 0.15) is 5.76 Å². The van der Waals surface area contributed by atoms with Crippen molar-refractivity contribution in [3.63, 3.8) is 0 Å². The molecule has 1 atom stereocenters. The molecule has 5 nitrogen and oxygen atoms in total. The fourth-order valence-electron chi connectivity index (χ4n) is 2.07. The smallest absolute Gasteiger partial charge is 0.255 e. The predicted molar refractivity (Wildman–Crippen MR) is 62.6 cm³/mol. The van der Waals surface area contributed by atoms with Crippen LogP contribution in [0.5, 0.6) is 0 Å². The van der Waals surface area contributed by atoms with Gasteiger partial charge < -0.3 is 9.73 Å². The fraction of sp³-hybridized carbons (Fsp3) is 0.545. The van der Waals surface area contributed by atoms with E-state index >= 15 is 0 Å². The molecule has 1 saturated heterocycles. The van der Waals surface area contributed by atoms with Gasteiger partial charge in [0.25, 0.3) is 5.91 Å². The van der Waals surface area contributed by atoms with Gasteiger partial charge >= 0.3 is 0 Å². The van der Waals surface area contributed by atoms with Crippen LogP contribution < -0.4 is 5.32 Å². The summed E-state index contributed by atoms with van der Waals surface area (Å²) in [6.07, 6.45) is 1.90. The maximum Gasteiger partial charge on any atom is 0.255 e. The molecule has 0 bridgehead atoms. The van der Waals surface area contributed by atoms with E-state index in [4.69, 9.17) is 4.42 Å². The number of sulfone groups is 1. The lowest BCUT2D eigenvalue weighted by atomic mass is 10.0. The van der Waals surface area contributed by atoms with E-state index in [1.807, 2.05) is 0 Å². The molecule has 94 valence electrons. The Labute approximate surface area is 100 Å². The van der Waals surface area contributed by atoms with Crippen molar-refractivity contribution in [3.05, 3.63) is 23.7 Å². The first-order valence-corrected chi connectivity index (χ1v) is 7.21. The molecule has 6 heteroatoms. The van der Waals surface area contributed by atoms with Crippen LogP contribution in [0, 0.1) is 6.92 Å². The van der Waals surface area contributed by atoms with Crippen molar-refractivity contribution >= 4 is 15.7 Å². The number of aryl methyl sites for hydroxylation is 1. The SMILES string of the molecule is Cc1occc1C(=O)NC1(C)CCS(=O)(=O)C1. The highest BCUT2D eigenvalue weighted by Gasteiger charge is 2.39. The van der Waals surface area contributed by atoms with Crippen molar-refractivity contribution in [2.75, 3.05) is 11.5 Å². The van der Waals surface area contributed by atoms with Crippen molar-refractivity contribution in [3.8, 4) is 0 Å². The van der Waals surface area contributed by atoms with E-state index in [9.17, 15) is 13.2 Å². The topological polar surface area (TPSA) is 76.4 Å². The summed E-state index contributed by atoms with van der Waals surface area (Å²) in [6.45, 7) is 3.45. The number of carbonyl (C=O) groups excluding carboxylic acids is 1. The first kappa shape index (κ1) is 12.2. The van der Waals surface area contributed by atoms with Crippen molar-refractivity contribution in [2.45, 2.75) is 25.8 Å². The molecule has 1 fully saturated rings. The molecule has 0 aromatic carbocycles. The van der Waals surface area contributed by atoms with Gasteiger partial charge in [-0.2, -0.15) is 0 Å². The zero-order chi connectivity index (χ0) is 12.7. The summed E-state index contributed by atoms with van der Waals surface area (Å²) in [5.41, 5.74) is -0.213. The molecule has 2 heterocycles. The van der Waals surface area contributed by atoms with E-state index in [1.54, 1.807) is 19.9 Å². The molecule has 0 aliphatic carbocycles. The molecule has 17 heavy (non-hydrogen) atoms. The molecule has 1 N–H and O–H groups in total. The second kappa shape index (κ2) is 3.87. The molecular formula is C11H15NO4S. The van der Waals surface area contributed by atoms with E-state index in [2.05, 4.69) is 5.32 Å². The number of carbonyl (C=O) groups is 1. The van der Waals surface area contributed by atoms with Crippen LogP contribution in [0.15, 0.2) is 16.7 Å². The molecule has 1 aromatic heterocycles. The molecule has 1 unspecified atom stereocenters. The predicted octanol–water partition coefficient (Wildman–Crippen LogP) is 0.895. The van der Waals surface area contributed by atoms with Crippen LogP contribution in [-0.2, 0) is 9.84 Å². The van der Waals surface area contributed by atoms with Crippen LogP contribution >= 0.6 is 0 Å². The van der Waals surface area contributed by atoms with Gasteiger partial charge in [0.2, 0.25) is 0 Å². The van der Waals surface area contributed by atoms with E-state index in [1.165, 1.54) is 6.26 Å². The second-order valence-electron chi connectivity index (χ2n) is 4.75. The first-order valence-electron chi connectivity index (χ1n) is 5.38. The van der Waals surface area contributed by atoms with E-state index in [-0.39, 0.29) is 17.4 Å². The van der Waals surface area contributed by atoms with Crippen LogP contribution in [0.25, 0.3) is 0 Å². The third-order valence-electron chi connectivity index (χ3n) is 3.02. The van der Waals surface area contributed by atoms with Gasteiger partial charge in [0.05, 0.1) is 28.9 Å². The molecule has 1 aromatic rings. The number of hydrogen-bond donors (Lipinski definition) is 1. The van der Waals surface area contributed by atoms with Crippen LogP contribution in [0.4, 0.5) is 0 Å². The lowest BCUT2D eigenvalue weighted by Crippen LogP contribution is -2.46. The largest absolute Gasteiger partial charge is 0.469 e. The van der Waals surface area contributed by atoms with Crippen molar-refractivity contribution in [1.82, 2.24) is 5.32 Å².